The van der Waals surface area contributed by atoms with E-state index in [0.29, 0.717) is 22.4 Å². The van der Waals surface area contributed by atoms with Gasteiger partial charge in [0.2, 0.25) is 0 Å². The van der Waals surface area contributed by atoms with Crippen LogP contribution in [0, 0.1) is 0 Å². The van der Waals surface area contributed by atoms with E-state index in [9.17, 15) is 24.3 Å². The lowest BCUT2D eigenvalue weighted by atomic mass is 9.83. The fourth-order valence-electron chi connectivity index (χ4n) is 4.37. The zero-order valence-corrected chi connectivity index (χ0v) is 18.4. The summed E-state index contributed by atoms with van der Waals surface area (Å²) in [5, 5.41) is 15.5. The molecule has 172 valence electrons. The first-order valence-corrected chi connectivity index (χ1v) is 11.0. The molecule has 1 amide bonds. The van der Waals surface area contributed by atoms with Crippen LogP contribution in [0.3, 0.4) is 0 Å². The number of rotatable bonds is 5. The Hall–Kier alpha value is -4.78. The fraction of sp³-hybridized carbons (Fsp3) is 0.0714. The minimum Gasteiger partial charge on any atom is -0.478 e. The number of anilines is 1. The Morgan fingerprint density at radius 1 is 0.800 bits per heavy atom. The Balaban J connectivity index is 1.56. The molecule has 0 saturated heterocycles. The number of hydrogen-bond acceptors (Lipinski definition) is 5. The summed E-state index contributed by atoms with van der Waals surface area (Å²) in [6.45, 7) is 0. The van der Waals surface area contributed by atoms with Crippen molar-refractivity contribution in [1.29, 1.82) is 0 Å². The third-order valence-electron chi connectivity index (χ3n) is 6.12. The van der Waals surface area contributed by atoms with Crippen molar-refractivity contribution in [2.45, 2.75) is 12.1 Å². The van der Waals surface area contributed by atoms with Crippen LogP contribution in [0.15, 0.2) is 96.6 Å². The van der Waals surface area contributed by atoms with Crippen LogP contribution in [0.25, 0.3) is 0 Å². The van der Waals surface area contributed by atoms with Gasteiger partial charge >= 0.3 is 5.97 Å². The lowest BCUT2D eigenvalue weighted by Crippen LogP contribution is -2.53. The highest BCUT2D eigenvalue weighted by Gasteiger charge is 2.36. The highest BCUT2D eigenvalue weighted by atomic mass is 16.4. The van der Waals surface area contributed by atoms with Crippen molar-refractivity contribution < 1.29 is 24.3 Å². The van der Waals surface area contributed by atoms with Crippen LogP contribution in [0.2, 0.25) is 0 Å². The predicted molar refractivity (Wildman–Crippen MR) is 129 cm³/mol. The van der Waals surface area contributed by atoms with Gasteiger partial charge in [-0.25, -0.2) is 4.79 Å². The van der Waals surface area contributed by atoms with Crippen molar-refractivity contribution in [2.75, 3.05) is 5.32 Å². The quantitative estimate of drug-likeness (QED) is 0.385. The van der Waals surface area contributed by atoms with Crippen molar-refractivity contribution in [3.63, 3.8) is 0 Å². The maximum Gasteiger partial charge on any atom is 0.335 e. The monoisotopic (exact) mass is 464 g/mol. The van der Waals surface area contributed by atoms with Crippen LogP contribution in [0.5, 0.6) is 0 Å². The van der Waals surface area contributed by atoms with E-state index in [4.69, 9.17) is 0 Å². The molecule has 5 rings (SSSR count). The molecule has 0 aromatic heterocycles. The molecule has 3 N–H and O–H groups in total. The molecule has 7 nitrogen and oxygen atoms in total. The van der Waals surface area contributed by atoms with Gasteiger partial charge in [0.25, 0.3) is 5.91 Å². The number of ketones is 2. The molecule has 1 atom stereocenters. The van der Waals surface area contributed by atoms with Crippen LogP contribution in [-0.2, 0) is 4.79 Å². The molecule has 3 aromatic carbocycles. The number of nitrogens with one attached hydrogen (secondary N) is 2. The molecule has 0 heterocycles. The minimum atomic E-state index is -1.23. The first kappa shape index (κ1) is 22.0. The number of benzene rings is 3. The number of hydrogen-bond donors (Lipinski definition) is 3. The van der Waals surface area contributed by atoms with Crippen LogP contribution >= 0.6 is 0 Å². The van der Waals surface area contributed by atoms with Gasteiger partial charge in [-0.3, -0.25) is 14.4 Å². The number of carboxylic acids is 1. The number of aliphatic carboxylic acids is 1. The van der Waals surface area contributed by atoms with Gasteiger partial charge < -0.3 is 15.7 Å². The summed E-state index contributed by atoms with van der Waals surface area (Å²) in [6, 6.07) is 20.2. The topological polar surface area (TPSA) is 113 Å². The molecule has 35 heavy (non-hydrogen) atoms. The normalized spacial score (nSPS) is 18.2. The zero-order valence-electron chi connectivity index (χ0n) is 18.4. The Labute approximate surface area is 200 Å². The minimum absolute atomic E-state index is 0.0895. The Kier molecular flexibility index (Phi) is 5.37. The number of carbonyl (C=O) groups is 4. The smallest absolute Gasteiger partial charge is 0.335 e. The second kappa shape index (κ2) is 8.53. The van der Waals surface area contributed by atoms with Crippen molar-refractivity contribution in [1.82, 2.24) is 5.32 Å². The SMILES string of the molecule is O=C(O)C1=CCC(NC(=O)c2ccccc2)(Nc2cccc3c2C(=O)c2ccccc2C3=O)C=C1. The standard InChI is InChI=1S/C28H20N2O5/c31-24-19-9-4-5-10-20(19)25(32)23-21(24)11-6-12-22(23)29-28(15-13-18(14-16-28)27(34)35)30-26(33)17-7-2-1-3-8-17/h1-15,29H,16H2,(H,30,33)(H,34,35). The van der Waals surface area contributed by atoms with Crippen molar-refractivity contribution in [3.05, 3.63) is 124 Å². The fourth-order valence-corrected chi connectivity index (χ4v) is 4.37. The van der Waals surface area contributed by atoms with E-state index in [1.165, 1.54) is 12.2 Å². The van der Waals surface area contributed by atoms with E-state index in [2.05, 4.69) is 10.6 Å². The summed E-state index contributed by atoms with van der Waals surface area (Å²) < 4.78 is 0. The molecule has 0 bridgehead atoms. The van der Waals surface area contributed by atoms with Gasteiger partial charge in [0.05, 0.1) is 11.1 Å². The summed E-state index contributed by atoms with van der Waals surface area (Å²) in [5.74, 6) is -2.02. The van der Waals surface area contributed by atoms with E-state index < -0.39 is 11.6 Å². The van der Waals surface area contributed by atoms with E-state index in [1.54, 1.807) is 78.9 Å². The van der Waals surface area contributed by atoms with Crippen molar-refractivity contribution in [3.8, 4) is 0 Å². The van der Waals surface area contributed by atoms with Gasteiger partial charge in [0.1, 0.15) is 5.66 Å². The average molecular weight is 464 g/mol. The molecule has 0 spiro atoms. The summed E-state index contributed by atoms with van der Waals surface area (Å²) in [7, 11) is 0. The summed E-state index contributed by atoms with van der Waals surface area (Å²) in [5.41, 5.74) is 0.782. The van der Waals surface area contributed by atoms with E-state index >= 15 is 0 Å². The molecule has 3 aromatic rings. The summed E-state index contributed by atoms with van der Waals surface area (Å²) >= 11 is 0. The van der Waals surface area contributed by atoms with Crippen LogP contribution in [0.4, 0.5) is 5.69 Å². The average Bonchev–Trinajstić information content (AvgIpc) is 2.88. The molecule has 0 radical (unpaired) electrons. The lowest BCUT2D eigenvalue weighted by molar-refractivity contribution is -0.132. The second-order valence-corrected chi connectivity index (χ2v) is 8.35. The molecular weight excluding hydrogens is 444 g/mol. The second-order valence-electron chi connectivity index (χ2n) is 8.35. The summed E-state index contributed by atoms with van der Waals surface area (Å²) in [4.78, 5) is 51.0. The molecule has 0 aliphatic heterocycles. The first-order valence-electron chi connectivity index (χ1n) is 11.0. The number of fused-ring (bicyclic) bond motifs is 2. The number of amides is 1. The third kappa shape index (κ3) is 3.93. The largest absolute Gasteiger partial charge is 0.478 e. The first-order chi connectivity index (χ1) is 16.9. The highest BCUT2D eigenvalue weighted by Crippen LogP contribution is 2.34. The highest BCUT2D eigenvalue weighted by molar-refractivity contribution is 6.30. The van der Waals surface area contributed by atoms with Gasteiger partial charge in [-0.1, -0.05) is 60.7 Å². The van der Waals surface area contributed by atoms with E-state index in [0.717, 1.165) is 0 Å². The van der Waals surface area contributed by atoms with Gasteiger partial charge in [0, 0.05) is 34.4 Å². The lowest BCUT2D eigenvalue weighted by Gasteiger charge is -2.36. The number of carboxylic acid groups (broad SMARTS) is 1. The molecule has 2 aliphatic rings. The van der Waals surface area contributed by atoms with Crippen LogP contribution < -0.4 is 10.6 Å². The van der Waals surface area contributed by atoms with Gasteiger partial charge in [-0.05, 0) is 30.4 Å². The molecule has 7 heteroatoms. The van der Waals surface area contributed by atoms with E-state index in [1.807, 2.05) is 0 Å². The number of carbonyl (C=O) groups excluding carboxylic acids is 3. The molecule has 0 fully saturated rings. The zero-order chi connectivity index (χ0) is 24.6. The van der Waals surface area contributed by atoms with E-state index in [-0.39, 0.29) is 40.6 Å². The molecule has 0 saturated carbocycles. The molecule has 1 unspecified atom stereocenters. The van der Waals surface area contributed by atoms with Gasteiger partial charge in [-0.15, -0.1) is 0 Å². The van der Waals surface area contributed by atoms with Crippen molar-refractivity contribution >= 4 is 29.1 Å². The Bertz CT molecular complexity index is 1460. The van der Waals surface area contributed by atoms with Crippen molar-refractivity contribution in [2.24, 2.45) is 0 Å². The Morgan fingerprint density at radius 3 is 2.11 bits per heavy atom. The van der Waals surface area contributed by atoms with Gasteiger partial charge in [-0.2, -0.15) is 0 Å². The molecule has 2 aliphatic carbocycles. The van der Waals surface area contributed by atoms with Crippen LogP contribution in [-0.4, -0.2) is 34.2 Å². The van der Waals surface area contributed by atoms with Gasteiger partial charge in [0.15, 0.2) is 11.6 Å². The maximum atomic E-state index is 13.4. The predicted octanol–water partition coefficient (Wildman–Crippen LogP) is 3.97. The summed E-state index contributed by atoms with van der Waals surface area (Å²) in [6.07, 6.45) is 4.56. The Morgan fingerprint density at radius 2 is 1.46 bits per heavy atom. The third-order valence-corrected chi connectivity index (χ3v) is 6.12. The van der Waals surface area contributed by atoms with Crippen LogP contribution in [0.1, 0.15) is 48.6 Å². The maximum absolute atomic E-state index is 13.4. The molecular formula is C28H20N2O5.